The molecule has 4 nitrogen and oxygen atoms in total. The highest BCUT2D eigenvalue weighted by molar-refractivity contribution is 5.97. The Balaban J connectivity index is 0.00000208. The van der Waals surface area contributed by atoms with Crippen molar-refractivity contribution in [3.8, 4) is 5.75 Å². The number of fused-ring (bicyclic) bond motifs is 1. The van der Waals surface area contributed by atoms with Gasteiger partial charge in [0.25, 0.3) is 5.91 Å². The fourth-order valence-corrected chi connectivity index (χ4v) is 3.11. The molecule has 2 aromatic rings. The average Bonchev–Trinajstić information content (AvgIpc) is 2.54. The summed E-state index contributed by atoms with van der Waals surface area (Å²) in [6.45, 7) is 0. The number of carbonyl (C=O) groups is 1. The smallest absolute Gasteiger partial charge is 0.258 e. The van der Waals surface area contributed by atoms with Crippen LogP contribution in [0, 0.1) is 5.82 Å². The number of nitrogen functional groups attached to an aromatic ring is 1. The van der Waals surface area contributed by atoms with Crippen LogP contribution >= 0.6 is 12.4 Å². The van der Waals surface area contributed by atoms with E-state index in [2.05, 4.69) is 5.32 Å². The molecule has 3 N–H and O–H groups in total. The average molecular weight is 351 g/mol. The second kappa shape index (κ2) is 7.53. The van der Waals surface area contributed by atoms with Gasteiger partial charge in [-0.1, -0.05) is 12.1 Å². The number of anilines is 1. The maximum atomic E-state index is 14.0. The highest BCUT2D eigenvalue weighted by Crippen LogP contribution is 2.32. The summed E-state index contributed by atoms with van der Waals surface area (Å²) >= 11 is 0. The minimum absolute atomic E-state index is 0. The van der Waals surface area contributed by atoms with Crippen molar-refractivity contribution in [3.05, 3.63) is 58.9 Å². The molecule has 0 spiro atoms. The number of nitrogens with one attached hydrogen (secondary N) is 1. The number of hydrogen-bond donors (Lipinski definition) is 2. The molecule has 0 saturated carbocycles. The lowest BCUT2D eigenvalue weighted by molar-refractivity contribution is 0.0925. The molecule has 1 aliphatic carbocycles. The third-order valence-electron chi connectivity index (χ3n) is 4.21. The zero-order chi connectivity index (χ0) is 16.4. The van der Waals surface area contributed by atoms with Gasteiger partial charge in [-0.2, -0.15) is 0 Å². The standard InChI is InChI=1S/C18H19FN2O2.ClH/c1-23-16-7-3-5-14(19)17(16)18(22)21-15-6-2-4-11-10-12(20)8-9-13(11)15;/h3,5,7-10,15H,2,4,6,20H2,1H3,(H,21,22);1H. The molecule has 1 atom stereocenters. The first kappa shape index (κ1) is 18.1. The van der Waals surface area contributed by atoms with Gasteiger partial charge in [0.1, 0.15) is 17.1 Å². The topological polar surface area (TPSA) is 64.3 Å². The van der Waals surface area contributed by atoms with E-state index in [4.69, 9.17) is 10.5 Å². The number of hydrogen-bond acceptors (Lipinski definition) is 3. The first-order chi connectivity index (χ1) is 11.1. The third kappa shape index (κ3) is 3.46. The number of amides is 1. The number of carbonyl (C=O) groups excluding carboxylic acids is 1. The van der Waals surface area contributed by atoms with Gasteiger partial charge in [-0.05, 0) is 54.7 Å². The maximum Gasteiger partial charge on any atom is 0.258 e. The lowest BCUT2D eigenvalue weighted by atomic mass is 9.87. The van der Waals surface area contributed by atoms with E-state index in [0.29, 0.717) is 5.69 Å². The molecular formula is C18H20ClFN2O2. The van der Waals surface area contributed by atoms with E-state index in [-0.39, 0.29) is 29.8 Å². The van der Waals surface area contributed by atoms with Gasteiger partial charge < -0.3 is 15.8 Å². The van der Waals surface area contributed by atoms with Crippen LogP contribution in [0.25, 0.3) is 0 Å². The molecule has 0 heterocycles. The van der Waals surface area contributed by atoms with Gasteiger partial charge in [-0.25, -0.2) is 4.39 Å². The van der Waals surface area contributed by atoms with Crippen molar-refractivity contribution in [2.45, 2.75) is 25.3 Å². The Hall–Kier alpha value is -2.27. The monoisotopic (exact) mass is 350 g/mol. The largest absolute Gasteiger partial charge is 0.496 e. The fraction of sp³-hybridized carbons (Fsp3) is 0.278. The van der Waals surface area contributed by atoms with Gasteiger partial charge in [0, 0.05) is 5.69 Å². The van der Waals surface area contributed by atoms with Crippen LogP contribution in [0.1, 0.15) is 40.4 Å². The van der Waals surface area contributed by atoms with Crippen LogP contribution in [0.5, 0.6) is 5.75 Å². The van der Waals surface area contributed by atoms with Crippen LogP contribution < -0.4 is 15.8 Å². The van der Waals surface area contributed by atoms with Crippen molar-refractivity contribution in [2.24, 2.45) is 0 Å². The van der Waals surface area contributed by atoms with Crippen LogP contribution in [-0.2, 0) is 6.42 Å². The second-order valence-electron chi connectivity index (χ2n) is 5.69. The molecule has 0 bridgehead atoms. The number of ether oxygens (including phenoxy) is 1. The molecular weight excluding hydrogens is 331 g/mol. The molecule has 0 aromatic heterocycles. The van der Waals surface area contributed by atoms with Crippen LogP contribution in [-0.4, -0.2) is 13.0 Å². The Labute approximate surface area is 146 Å². The zero-order valence-electron chi connectivity index (χ0n) is 13.3. The molecule has 0 fully saturated rings. The Morgan fingerprint density at radius 3 is 2.88 bits per heavy atom. The number of benzene rings is 2. The van der Waals surface area contributed by atoms with Gasteiger partial charge in [0.2, 0.25) is 0 Å². The summed E-state index contributed by atoms with van der Waals surface area (Å²) < 4.78 is 19.1. The molecule has 128 valence electrons. The Morgan fingerprint density at radius 2 is 2.12 bits per heavy atom. The molecule has 0 radical (unpaired) electrons. The van der Waals surface area contributed by atoms with E-state index >= 15 is 0 Å². The summed E-state index contributed by atoms with van der Waals surface area (Å²) in [6.07, 6.45) is 2.71. The Morgan fingerprint density at radius 1 is 1.33 bits per heavy atom. The van der Waals surface area contributed by atoms with Gasteiger partial charge in [-0.15, -0.1) is 12.4 Å². The highest BCUT2D eigenvalue weighted by atomic mass is 35.5. The van der Waals surface area contributed by atoms with Crippen molar-refractivity contribution in [1.82, 2.24) is 5.32 Å². The van der Waals surface area contributed by atoms with Gasteiger partial charge >= 0.3 is 0 Å². The first-order valence-corrected chi connectivity index (χ1v) is 7.62. The van der Waals surface area contributed by atoms with Crippen molar-refractivity contribution >= 4 is 24.0 Å². The zero-order valence-corrected chi connectivity index (χ0v) is 14.2. The summed E-state index contributed by atoms with van der Waals surface area (Å²) in [5.74, 6) is -0.819. The third-order valence-corrected chi connectivity index (χ3v) is 4.21. The lowest BCUT2D eigenvalue weighted by Crippen LogP contribution is -2.31. The summed E-state index contributed by atoms with van der Waals surface area (Å²) in [5.41, 5.74) is 8.67. The maximum absolute atomic E-state index is 14.0. The van der Waals surface area contributed by atoms with E-state index < -0.39 is 11.7 Å². The predicted octanol–water partition coefficient (Wildman–Crippen LogP) is 3.65. The Bertz CT molecular complexity index is 752. The Kier molecular flexibility index (Phi) is 5.67. The van der Waals surface area contributed by atoms with Gasteiger partial charge in [0.05, 0.1) is 13.2 Å². The number of rotatable bonds is 3. The van der Waals surface area contributed by atoms with E-state index in [1.54, 1.807) is 6.07 Å². The SMILES string of the molecule is COc1cccc(F)c1C(=O)NC1CCCc2cc(N)ccc21.Cl. The molecule has 6 heteroatoms. The number of nitrogens with two attached hydrogens (primary N) is 1. The van der Waals surface area contributed by atoms with Crippen molar-refractivity contribution in [1.29, 1.82) is 0 Å². The number of aryl methyl sites for hydroxylation is 1. The lowest BCUT2D eigenvalue weighted by Gasteiger charge is -2.27. The van der Waals surface area contributed by atoms with Crippen molar-refractivity contribution in [3.63, 3.8) is 0 Å². The highest BCUT2D eigenvalue weighted by Gasteiger charge is 2.25. The quantitative estimate of drug-likeness (QED) is 0.830. The minimum Gasteiger partial charge on any atom is -0.496 e. The number of methoxy groups -OCH3 is 1. The van der Waals surface area contributed by atoms with E-state index in [0.717, 1.165) is 30.4 Å². The molecule has 24 heavy (non-hydrogen) atoms. The van der Waals surface area contributed by atoms with Crippen LogP contribution in [0.3, 0.4) is 0 Å². The minimum atomic E-state index is -0.588. The van der Waals surface area contributed by atoms with Gasteiger partial charge in [0.15, 0.2) is 0 Å². The second-order valence-corrected chi connectivity index (χ2v) is 5.69. The molecule has 2 aromatic carbocycles. The van der Waals surface area contributed by atoms with Gasteiger partial charge in [-0.3, -0.25) is 4.79 Å². The molecule has 3 rings (SSSR count). The summed E-state index contributed by atoms with van der Waals surface area (Å²) in [5, 5.41) is 2.93. The van der Waals surface area contributed by atoms with Crippen LogP contribution in [0.2, 0.25) is 0 Å². The summed E-state index contributed by atoms with van der Waals surface area (Å²) in [7, 11) is 1.42. The predicted molar refractivity (Wildman–Crippen MR) is 94.2 cm³/mol. The molecule has 0 aliphatic heterocycles. The normalized spacial score (nSPS) is 15.8. The van der Waals surface area contributed by atoms with E-state index in [1.807, 2.05) is 18.2 Å². The molecule has 0 saturated heterocycles. The van der Waals surface area contributed by atoms with Crippen molar-refractivity contribution < 1.29 is 13.9 Å². The van der Waals surface area contributed by atoms with E-state index in [1.165, 1.54) is 19.2 Å². The fourth-order valence-electron chi connectivity index (χ4n) is 3.11. The number of halogens is 2. The first-order valence-electron chi connectivity index (χ1n) is 7.62. The van der Waals surface area contributed by atoms with Crippen LogP contribution in [0.4, 0.5) is 10.1 Å². The molecule has 1 aliphatic rings. The molecule has 1 unspecified atom stereocenters. The van der Waals surface area contributed by atoms with Crippen LogP contribution in [0.15, 0.2) is 36.4 Å². The molecule has 1 amide bonds. The summed E-state index contributed by atoms with van der Waals surface area (Å²) in [6, 6.07) is 9.91. The van der Waals surface area contributed by atoms with Crippen molar-refractivity contribution in [2.75, 3.05) is 12.8 Å². The van der Waals surface area contributed by atoms with E-state index in [9.17, 15) is 9.18 Å². The summed E-state index contributed by atoms with van der Waals surface area (Å²) in [4.78, 5) is 12.5.